The van der Waals surface area contributed by atoms with E-state index in [1.54, 1.807) is 4.68 Å². The zero-order chi connectivity index (χ0) is 9.14. The molecule has 12 heavy (non-hydrogen) atoms. The molecule has 0 spiro atoms. The van der Waals surface area contributed by atoms with Gasteiger partial charge in [0.15, 0.2) is 5.82 Å². The summed E-state index contributed by atoms with van der Waals surface area (Å²) in [5, 5.41) is 11.3. The van der Waals surface area contributed by atoms with Crippen LogP contribution in [0.1, 0.15) is 32.0 Å². The van der Waals surface area contributed by atoms with Crippen molar-refractivity contribution in [2.45, 2.75) is 31.6 Å². The Morgan fingerprint density at radius 2 is 2.25 bits per heavy atom. The molecule has 0 amide bonds. The van der Waals surface area contributed by atoms with Crippen molar-refractivity contribution in [3.05, 3.63) is 5.82 Å². The number of aryl methyl sites for hydroxylation is 1. The number of rotatable bonds is 3. The molecule has 0 radical (unpaired) electrons. The first-order valence-corrected chi connectivity index (χ1v) is 4.46. The van der Waals surface area contributed by atoms with Crippen molar-refractivity contribution in [2.75, 3.05) is 0 Å². The van der Waals surface area contributed by atoms with E-state index >= 15 is 0 Å². The molecule has 0 saturated heterocycles. The van der Waals surface area contributed by atoms with Crippen LogP contribution in [0.25, 0.3) is 0 Å². The highest BCUT2D eigenvalue weighted by Crippen LogP contribution is 2.22. The molecule has 2 atom stereocenters. The summed E-state index contributed by atoms with van der Waals surface area (Å²) in [4.78, 5) is 0. The molecule has 0 aliphatic carbocycles. The summed E-state index contributed by atoms with van der Waals surface area (Å²) in [7, 11) is 1.82. The van der Waals surface area contributed by atoms with E-state index in [1.165, 1.54) is 0 Å². The molecule has 4 nitrogen and oxygen atoms in total. The van der Waals surface area contributed by atoms with Crippen molar-refractivity contribution in [3.63, 3.8) is 0 Å². The molecule has 0 fully saturated rings. The predicted octanol–water partition coefficient (Wildman–Crippen LogP) is 1.33. The fourth-order valence-corrected chi connectivity index (χ4v) is 1.25. The zero-order valence-corrected chi connectivity index (χ0v) is 8.28. The minimum Gasteiger partial charge on any atom is -0.232 e. The van der Waals surface area contributed by atoms with E-state index in [9.17, 15) is 0 Å². The maximum atomic E-state index is 6.07. The third-order valence-electron chi connectivity index (χ3n) is 1.99. The van der Waals surface area contributed by atoms with Gasteiger partial charge in [-0.3, -0.25) is 0 Å². The molecule has 0 aromatic carbocycles. The molecule has 2 unspecified atom stereocenters. The lowest BCUT2D eigenvalue weighted by Crippen LogP contribution is -2.13. The van der Waals surface area contributed by atoms with Crippen molar-refractivity contribution >= 4 is 11.6 Å². The van der Waals surface area contributed by atoms with Gasteiger partial charge in [-0.1, -0.05) is 13.8 Å². The summed E-state index contributed by atoms with van der Waals surface area (Å²) in [5.41, 5.74) is 0. The van der Waals surface area contributed by atoms with E-state index in [2.05, 4.69) is 22.4 Å². The van der Waals surface area contributed by atoms with Gasteiger partial charge in [0.2, 0.25) is 0 Å². The largest absolute Gasteiger partial charge is 0.232 e. The molecule has 0 bridgehead atoms. The quantitative estimate of drug-likeness (QED) is 0.673. The fourth-order valence-electron chi connectivity index (χ4n) is 1.14. The standard InChI is InChI=1S/C7H13ClN4/c1-4-6(8)5(2)7-9-10-11-12(7)3/h5-6H,4H2,1-3H3. The van der Waals surface area contributed by atoms with Crippen molar-refractivity contribution in [3.8, 4) is 0 Å². The zero-order valence-electron chi connectivity index (χ0n) is 7.53. The third-order valence-corrected chi connectivity index (χ3v) is 2.68. The molecule has 0 saturated carbocycles. The maximum Gasteiger partial charge on any atom is 0.155 e. The molecular weight excluding hydrogens is 176 g/mol. The van der Waals surface area contributed by atoms with Crippen molar-refractivity contribution in [1.29, 1.82) is 0 Å². The molecule has 1 rings (SSSR count). The van der Waals surface area contributed by atoms with Gasteiger partial charge in [-0.05, 0) is 16.8 Å². The van der Waals surface area contributed by atoms with Crippen molar-refractivity contribution < 1.29 is 0 Å². The van der Waals surface area contributed by atoms with Crippen molar-refractivity contribution in [2.24, 2.45) is 7.05 Å². The molecule has 1 heterocycles. The summed E-state index contributed by atoms with van der Waals surface area (Å²) in [6.07, 6.45) is 0.926. The Morgan fingerprint density at radius 3 is 2.67 bits per heavy atom. The Bertz CT molecular complexity index is 247. The highest BCUT2D eigenvalue weighted by atomic mass is 35.5. The number of tetrazole rings is 1. The van der Waals surface area contributed by atoms with Gasteiger partial charge in [0, 0.05) is 18.3 Å². The molecule has 0 aliphatic heterocycles. The predicted molar refractivity (Wildman–Crippen MR) is 47.1 cm³/mol. The number of aromatic nitrogens is 4. The summed E-state index contributed by atoms with van der Waals surface area (Å²) >= 11 is 6.07. The third kappa shape index (κ3) is 1.75. The van der Waals surface area contributed by atoms with Gasteiger partial charge >= 0.3 is 0 Å². The number of nitrogens with zero attached hydrogens (tertiary/aromatic N) is 4. The average molecular weight is 189 g/mol. The number of alkyl halides is 1. The molecule has 68 valence electrons. The maximum absolute atomic E-state index is 6.07. The Labute approximate surface area is 76.9 Å². The van der Waals surface area contributed by atoms with Crippen LogP contribution in [0.4, 0.5) is 0 Å². The van der Waals surface area contributed by atoms with Gasteiger partial charge < -0.3 is 0 Å². The smallest absolute Gasteiger partial charge is 0.155 e. The van der Waals surface area contributed by atoms with Crippen LogP contribution in [0.2, 0.25) is 0 Å². The highest BCUT2D eigenvalue weighted by molar-refractivity contribution is 6.21. The van der Waals surface area contributed by atoms with Crippen LogP contribution < -0.4 is 0 Å². The second-order valence-corrected chi connectivity index (χ2v) is 3.43. The van der Waals surface area contributed by atoms with Gasteiger partial charge in [-0.15, -0.1) is 16.7 Å². The number of hydrogen-bond acceptors (Lipinski definition) is 3. The molecule has 1 aromatic heterocycles. The molecule has 0 aliphatic rings. The van der Waals surface area contributed by atoms with Crippen LogP contribution in [-0.2, 0) is 7.05 Å². The Morgan fingerprint density at radius 1 is 1.58 bits per heavy atom. The van der Waals surface area contributed by atoms with E-state index in [0.717, 1.165) is 12.2 Å². The van der Waals surface area contributed by atoms with Crippen LogP contribution in [0.3, 0.4) is 0 Å². The summed E-state index contributed by atoms with van der Waals surface area (Å²) in [5.74, 6) is 1.05. The second-order valence-electron chi connectivity index (χ2n) is 2.87. The van der Waals surface area contributed by atoms with E-state index in [4.69, 9.17) is 11.6 Å². The van der Waals surface area contributed by atoms with Gasteiger partial charge in [-0.2, -0.15) is 0 Å². The number of halogens is 1. The normalized spacial score (nSPS) is 16.0. The van der Waals surface area contributed by atoms with Crippen LogP contribution in [0.5, 0.6) is 0 Å². The topological polar surface area (TPSA) is 43.6 Å². The minimum atomic E-state index is 0.106. The SMILES string of the molecule is CCC(Cl)C(C)c1nnnn1C. The van der Waals surface area contributed by atoms with Gasteiger partial charge in [0.25, 0.3) is 0 Å². The van der Waals surface area contributed by atoms with Crippen LogP contribution in [0, 0.1) is 0 Å². The fraction of sp³-hybridized carbons (Fsp3) is 0.857. The highest BCUT2D eigenvalue weighted by Gasteiger charge is 2.19. The number of hydrogen-bond donors (Lipinski definition) is 0. The van der Waals surface area contributed by atoms with E-state index in [0.29, 0.717) is 0 Å². The summed E-state index contributed by atoms with van der Waals surface area (Å²) in [6, 6.07) is 0. The lowest BCUT2D eigenvalue weighted by atomic mass is 10.1. The first kappa shape index (κ1) is 9.45. The van der Waals surface area contributed by atoms with E-state index in [1.807, 2.05) is 14.0 Å². The first-order chi connectivity index (χ1) is 5.66. The molecule has 0 N–H and O–H groups in total. The Kier molecular flexibility index (Phi) is 3.03. The van der Waals surface area contributed by atoms with E-state index in [-0.39, 0.29) is 11.3 Å². The average Bonchev–Trinajstić information content (AvgIpc) is 2.48. The van der Waals surface area contributed by atoms with Gasteiger partial charge in [-0.25, -0.2) is 4.68 Å². The van der Waals surface area contributed by atoms with Crippen LogP contribution >= 0.6 is 11.6 Å². The van der Waals surface area contributed by atoms with Crippen molar-refractivity contribution in [1.82, 2.24) is 20.2 Å². The van der Waals surface area contributed by atoms with Gasteiger partial charge in [0.1, 0.15) is 0 Å². The minimum absolute atomic E-state index is 0.106. The lowest BCUT2D eigenvalue weighted by Gasteiger charge is -2.13. The summed E-state index contributed by atoms with van der Waals surface area (Å²) in [6.45, 7) is 4.09. The van der Waals surface area contributed by atoms with Gasteiger partial charge in [0.05, 0.1) is 0 Å². The van der Waals surface area contributed by atoms with Crippen LogP contribution in [-0.4, -0.2) is 25.6 Å². The first-order valence-electron chi connectivity index (χ1n) is 4.03. The second kappa shape index (κ2) is 3.85. The summed E-state index contributed by atoms with van der Waals surface area (Å²) < 4.78 is 1.66. The Hall–Kier alpha value is -0.640. The molecular formula is C7H13ClN4. The molecule has 5 heteroatoms. The van der Waals surface area contributed by atoms with E-state index < -0.39 is 0 Å². The molecule has 1 aromatic rings. The monoisotopic (exact) mass is 188 g/mol. The Balaban J connectivity index is 2.77. The lowest BCUT2D eigenvalue weighted by molar-refractivity contribution is 0.585. The van der Waals surface area contributed by atoms with Crippen LogP contribution in [0.15, 0.2) is 0 Å².